The fourth-order valence-corrected chi connectivity index (χ4v) is 2.56. The van der Waals surface area contributed by atoms with Gasteiger partial charge in [0.2, 0.25) is 5.91 Å². The molecule has 5 nitrogen and oxygen atoms in total. The molecule has 0 aliphatic carbocycles. The molecule has 118 valence electrons. The number of halogens is 1. The van der Waals surface area contributed by atoms with Crippen molar-refractivity contribution in [2.45, 2.75) is 39.2 Å². The van der Waals surface area contributed by atoms with Crippen molar-refractivity contribution in [1.82, 2.24) is 14.9 Å². The number of fused-ring (bicyclic) bond motifs is 1. The first kappa shape index (κ1) is 16.7. The standard InChI is InChI=1S/C16H20BrN3O2/c1-2-3-4-8-18-15(21)7-9-20-11-19-14-6-5-12(17)10-13(14)16(20)22/h5-6,10-11H,2-4,7-9H2,1H3,(H,18,21). The van der Waals surface area contributed by atoms with E-state index in [1.54, 1.807) is 12.1 Å². The summed E-state index contributed by atoms with van der Waals surface area (Å²) >= 11 is 3.35. The first-order valence-corrected chi connectivity index (χ1v) is 8.32. The van der Waals surface area contributed by atoms with Crippen LogP contribution in [0, 0.1) is 0 Å². The summed E-state index contributed by atoms with van der Waals surface area (Å²) in [4.78, 5) is 28.4. The van der Waals surface area contributed by atoms with Crippen molar-refractivity contribution in [3.8, 4) is 0 Å². The molecule has 0 bridgehead atoms. The van der Waals surface area contributed by atoms with Gasteiger partial charge in [0.05, 0.1) is 17.2 Å². The van der Waals surface area contributed by atoms with E-state index in [4.69, 9.17) is 0 Å². The smallest absolute Gasteiger partial charge is 0.261 e. The van der Waals surface area contributed by atoms with Crippen LogP contribution in [0.1, 0.15) is 32.6 Å². The van der Waals surface area contributed by atoms with Crippen LogP contribution < -0.4 is 10.9 Å². The Balaban J connectivity index is 1.98. The second-order valence-corrected chi connectivity index (χ2v) is 6.13. The number of hydrogen-bond acceptors (Lipinski definition) is 3. The van der Waals surface area contributed by atoms with Gasteiger partial charge in [-0.1, -0.05) is 35.7 Å². The minimum absolute atomic E-state index is 0.0302. The molecule has 1 aromatic heterocycles. The highest BCUT2D eigenvalue weighted by Gasteiger charge is 2.07. The second-order valence-electron chi connectivity index (χ2n) is 5.21. The van der Waals surface area contributed by atoms with E-state index >= 15 is 0 Å². The van der Waals surface area contributed by atoms with Crippen LogP contribution in [0.4, 0.5) is 0 Å². The highest BCUT2D eigenvalue weighted by Crippen LogP contribution is 2.14. The number of nitrogens with one attached hydrogen (secondary N) is 1. The summed E-state index contributed by atoms with van der Waals surface area (Å²) in [5, 5.41) is 3.43. The third-order valence-corrected chi connectivity index (χ3v) is 3.96. The molecule has 22 heavy (non-hydrogen) atoms. The monoisotopic (exact) mass is 365 g/mol. The number of amides is 1. The fourth-order valence-electron chi connectivity index (χ4n) is 2.20. The summed E-state index contributed by atoms with van der Waals surface area (Å²) in [6.45, 7) is 3.16. The molecular formula is C16H20BrN3O2. The Labute approximate surface area is 137 Å². The van der Waals surface area contributed by atoms with Crippen LogP contribution in [0.2, 0.25) is 0 Å². The first-order valence-electron chi connectivity index (χ1n) is 7.53. The molecule has 6 heteroatoms. The van der Waals surface area contributed by atoms with Gasteiger partial charge in [0.25, 0.3) is 5.56 Å². The average molecular weight is 366 g/mol. The van der Waals surface area contributed by atoms with E-state index in [0.717, 1.165) is 23.7 Å². The van der Waals surface area contributed by atoms with Crippen molar-refractivity contribution in [2.75, 3.05) is 6.54 Å². The highest BCUT2D eigenvalue weighted by atomic mass is 79.9. The summed E-state index contributed by atoms with van der Waals surface area (Å²) in [5.74, 6) is -0.0302. The molecule has 2 aromatic rings. The minimum Gasteiger partial charge on any atom is -0.356 e. The highest BCUT2D eigenvalue weighted by molar-refractivity contribution is 9.10. The van der Waals surface area contributed by atoms with Crippen LogP contribution in [0.5, 0.6) is 0 Å². The van der Waals surface area contributed by atoms with Crippen LogP contribution in [0.15, 0.2) is 33.8 Å². The molecule has 0 radical (unpaired) electrons. The number of aromatic nitrogens is 2. The maximum atomic E-state index is 12.4. The number of carbonyl (C=O) groups excluding carboxylic acids is 1. The lowest BCUT2D eigenvalue weighted by Crippen LogP contribution is -2.28. The van der Waals surface area contributed by atoms with Crippen molar-refractivity contribution in [1.29, 1.82) is 0 Å². The molecule has 0 spiro atoms. The lowest BCUT2D eigenvalue weighted by atomic mass is 10.2. The molecule has 0 aliphatic heterocycles. The van der Waals surface area contributed by atoms with Gasteiger partial charge < -0.3 is 5.32 Å². The number of carbonyl (C=O) groups is 1. The molecule has 0 fully saturated rings. The zero-order valence-corrected chi connectivity index (χ0v) is 14.2. The number of aryl methyl sites for hydroxylation is 1. The second kappa shape index (κ2) is 8.08. The van der Waals surface area contributed by atoms with Gasteiger partial charge in [-0.2, -0.15) is 0 Å². The maximum Gasteiger partial charge on any atom is 0.261 e. The molecule has 0 saturated heterocycles. The van der Waals surface area contributed by atoms with Crippen molar-refractivity contribution < 1.29 is 4.79 Å². The summed E-state index contributed by atoms with van der Waals surface area (Å²) < 4.78 is 2.32. The van der Waals surface area contributed by atoms with Gasteiger partial charge >= 0.3 is 0 Å². The lowest BCUT2D eigenvalue weighted by molar-refractivity contribution is -0.121. The SMILES string of the molecule is CCCCCNC(=O)CCn1cnc2ccc(Br)cc2c1=O. The van der Waals surface area contributed by atoms with Gasteiger partial charge in [-0.3, -0.25) is 14.2 Å². The molecular weight excluding hydrogens is 346 g/mol. The van der Waals surface area contributed by atoms with Gasteiger partial charge in [-0.25, -0.2) is 4.98 Å². The first-order chi connectivity index (χ1) is 10.6. The Morgan fingerprint density at radius 1 is 1.36 bits per heavy atom. The van der Waals surface area contributed by atoms with E-state index in [1.165, 1.54) is 10.9 Å². The van der Waals surface area contributed by atoms with Crippen molar-refractivity contribution >= 4 is 32.7 Å². The summed E-state index contributed by atoms with van der Waals surface area (Å²) in [6, 6.07) is 5.40. The van der Waals surface area contributed by atoms with Crippen LogP contribution in [0.3, 0.4) is 0 Å². The van der Waals surface area contributed by atoms with Crippen molar-refractivity contribution in [3.63, 3.8) is 0 Å². The third-order valence-electron chi connectivity index (χ3n) is 3.47. The van der Waals surface area contributed by atoms with Gasteiger partial charge in [0, 0.05) is 24.0 Å². The Morgan fingerprint density at radius 2 is 2.18 bits per heavy atom. The summed E-state index contributed by atoms with van der Waals surface area (Å²) in [5.41, 5.74) is 0.540. The third kappa shape index (κ3) is 4.40. The molecule has 1 aromatic carbocycles. The van der Waals surface area contributed by atoms with Crippen LogP contribution >= 0.6 is 15.9 Å². The topological polar surface area (TPSA) is 64.0 Å². The summed E-state index contributed by atoms with van der Waals surface area (Å²) in [6.07, 6.45) is 5.02. The van der Waals surface area contributed by atoms with Gasteiger partial charge in [0.15, 0.2) is 0 Å². The molecule has 0 aliphatic rings. The number of hydrogen-bond donors (Lipinski definition) is 1. The normalized spacial score (nSPS) is 10.8. The Morgan fingerprint density at radius 3 is 2.95 bits per heavy atom. The van der Waals surface area contributed by atoms with Crippen LogP contribution in [0.25, 0.3) is 10.9 Å². The zero-order chi connectivity index (χ0) is 15.9. The Kier molecular flexibility index (Phi) is 6.12. The molecule has 0 atom stereocenters. The van der Waals surface area contributed by atoms with Crippen molar-refractivity contribution in [3.05, 3.63) is 39.4 Å². The van der Waals surface area contributed by atoms with Gasteiger partial charge in [0.1, 0.15) is 0 Å². The quantitative estimate of drug-likeness (QED) is 0.767. The van der Waals surface area contributed by atoms with E-state index in [0.29, 0.717) is 24.0 Å². The fraction of sp³-hybridized carbons (Fsp3) is 0.438. The van der Waals surface area contributed by atoms with E-state index in [2.05, 4.69) is 33.2 Å². The minimum atomic E-state index is -0.120. The molecule has 1 N–H and O–H groups in total. The number of nitrogens with zero attached hydrogens (tertiary/aromatic N) is 2. The van der Waals surface area contributed by atoms with Crippen LogP contribution in [-0.2, 0) is 11.3 Å². The maximum absolute atomic E-state index is 12.4. The van der Waals surface area contributed by atoms with Gasteiger partial charge in [-0.05, 0) is 24.6 Å². The zero-order valence-electron chi connectivity index (χ0n) is 12.6. The number of benzene rings is 1. The molecule has 1 heterocycles. The lowest BCUT2D eigenvalue weighted by Gasteiger charge is -2.07. The van der Waals surface area contributed by atoms with E-state index < -0.39 is 0 Å². The van der Waals surface area contributed by atoms with Crippen molar-refractivity contribution in [2.24, 2.45) is 0 Å². The predicted molar refractivity (Wildman–Crippen MR) is 90.9 cm³/mol. The Bertz CT molecular complexity index is 712. The Hall–Kier alpha value is -1.69. The van der Waals surface area contributed by atoms with Crippen LogP contribution in [-0.4, -0.2) is 22.0 Å². The number of rotatable bonds is 7. The van der Waals surface area contributed by atoms with E-state index in [-0.39, 0.29) is 17.9 Å². The molecule has 1 amide bonds. The van der Waals surface area contributed by atoms with E-state index in [9.17, 15) is 9.59 Å². The summed E-state index contributed by atoms with van der Waals surface area (Å²) in [7, 11) is 0. The van der Waals surface area contributed by atoms with Gasteiger partial charge in [-0.15, -0.1) is 0 Å². The average Bonchev–Trinajstić information content (AvgIpc) is 2.51. The molecule has 2 rings (SSSR count). The van der Waals surface area contributed by atoms with E-state index in [1.807, 2.05) is 6.07 Å². The molecule has 0 unspecified atom stereocenters. The largest absolute Gasteiger partial charge is 0.356 e. The predicted octanol–water partition coefficient (Wildman–Crippen LogP) is 2.86. The number of unbranched alkanes of at least 4 members (excludes halogenated alkanes) is 2. The molecule has 0 saturated carbocycles.